The van der Waals surface area contributed by atoms with Gasteiger partial charge in [0, 0.05) is 24.6 Å². The van der Waals surface area contributed by atoms with E-state index in [1.807, 2.05) is 36.4 Å². The third-order valence-electron chi connectivity index (χ3n) is 4.27. The van der Waals surface area contributed by atoms with Crippen molar-refractivity contribution in [1.82, 2.24) is 10.4 Å². The number of fused-ring (bicyclic) bond motifs is 1. The minimum atomic E-state index is -0.539. The number of hydrogen-bond acceptors (Lipinski definition) is 4. The van der Waals surface area contributed by atoms with Crippen molar-refractivity contribution >= 4 is 23.0 Å². The Kier molecular flexibility index (Phi) is 5.84. The zero-order valence-electron chi connectivity index (χ0n) is 14.7. The Morgan fingerprint density at radius 2 is 1.92 bits per heavy atom. The Bertz CT molecular complexity index is 897. The van der Waals surface area contributed by atoms with Crippen LogP contribution in [0.4, 0.5) is 0 Å². The molecule has 0 saturated heterocycles. The van der Waals surface area contributed by atoms with Crippen molar-refractivity contribution in [2.45, 2.75) is 13.0 Å². The van der Waals surface area contributed by atoms with E-state index in [4.69, 9.17) is 9.62 Å². The predicted octanol–water partition coefficient (Wildman–Crippen LogP) is 3.63. The van der Waals surface area contributed by atoms with Gasteiger partial charge < -0.3 is 9.32 Å². The quantitative estimate of drug-likeness (QED) is 0.388. The molecule has 0 spiro atoms. The molecule has 1 amide bonds. The summed E-state index contributed by atoms with van der Waals surface area (Å²) >= 11 is 0. The van der Waals surface area contributed by atoms with Crippen LogP contribution in [0.2, 0.25) is 0 Å². The van der Waals surface area contributed by atoms with Gasteiger partial charge in [-0.3, -0.25) is 10.0 Å². The first-order valence-corrected chi connectivity index (χ1v) is 8.50. The molecule has 0 fully saturated rings. The van der Waals surface area contributed by atoms with E-state index in [1.165, 1.54) is 17.2 Å². The van der Waals surface area contributed by atoms with E-state index in [0.717, 1.165) is 36.0 Å². The smallest absolute Gasteiger partial charge is 0.267 e. The molecule has 0 radical (unpaired) electrons. The number of hydrogen-bond donors (Lipinski definition) is 2. The van der Waals surface area contributed by atoms with Gasteiger partial charge in [-0.1, -0.05) is 30.3 Å². The van der Waals surface area contributed by atoms with Crippen LogP contribution in [0.15, 0.2) is 65.3 Å². The van der Waals surface area contributed by atoms with Crippen LogP contribution in [0, 0.1) is 0 Å². The van der Waals surface area contributed by atoms with Crippen LogP contribution < -0.4 is 5.48 Å². The Hall–Kier alpha value is -2.89. The molecule has 0 bridgehead atoms. The van der Waals surface area contributed by atoms with Gasteiger partial charge in [0.05, 0.1) is 6.26 Å². The van der Waals surface area contributed by atoms with Gasteiger partial charge in [-0.25, -0.2) is 5.48 Å². The topological polar surface area (TPSA) is 65.7 Å². The maximum Gasteiger partial charge on any atom is 0.267 e. The number of benzene rings is 2. The van der Waals surface area contributed by atoms with Gasteiger partial charge in [-0.2, -0.15) is 0 Å². The summed E-state index contributed by atoms with van der Waals surface area (Å²) in [5.74, 6) is -0.539. The second-order valence-corrected chi connectivity index (χ2v) is 6.33. The molecule has 0 aliphatic carbocycles. The molecule has 0 atom stereocenters. The molecule has 3 rings (SSSR count). The van der Waals surface area contributed by atoms with Crippen LogP contribution in [0.1, 0.15) is 16.7 Å². The summed E-state index contributed by atoms with van der Waals surface area (Å²) < 4.78 is 5.37. The first kappa shape index (κ1) is 17.9. The van der Waals surface area contributed by atoms with Crippen LogP contribution in [0.25, 0.3) is 17.0 Å². The van der Waals surface area contributed by atoms with Crippen LogP contribution in [0.5, 0.6) is 0 Å². The van der Waals surface area contributed by atoms with Crippen molar-refractivity contribution in [2.24, 2.45) is 0 Å². The number of nitrogens with one attached hydrogen (secondary N) is 1. The Balaban J connectivity index is 1.51. The maximum atomic E-state index is 11.0. The largest absolute Gasteiger partial charge is 0.464 e. The van der Waals surface area contributed by atoms with Crippen molar-refractivity contribution in [3.63, 3.8) is 0 Å². The van der Waals surface area contributed by atoms with E-state index in [0.29, 0.717) is 0 Å². The molecule has 2 aromatic carbocycles. The minimum Gasteiger partial charge on any atom is -0.464 e. The molecule has 134 valence electrons. The molecule has 1 aromatic heterocycles. The van der Waals surface area contributed by atoms with Gasteiger partial charge in [-0.05, 0) is 54.4 Å². The van der Waals surface area contributed by atoms with Gasteiger partial charge >= 0.3 is 0 Å². The summed E-state index contributed by atoms with van der Waals surface area (Å²) in [6.07, 6.45) is 5.65. The Labute approximate surface area is 152 Å². The van der Waals surface area contributed by atoms with Crippen LogP contribution in [0.3, 0.4) is 0 Å². The number of rotatable bonds is 7. The highest BCUT2D eigenvalue weighted by Crippen LogP contribution is 2.17. The predicted molar refractivity (Wildman–Crippen MR) is 102 cm³/mol. The fourth-order valence-electron chi connectivity index (χ4n) is 2.83. The van der Waals surface area contributed by atoms with Crippen molar-refractivity contribution in [3.05, 3.63) is 77.6 Å². The molecule has 5 nitrogen and oxygen atoms in total. The van der Waals surface area contributed by atoms with Gasteiger partial charge in [-0.15, -0.1) is 0 Å². The highest BCUT2D eigenvalue weighted by Gasteiger charge is 2.03. The van der Waals surface area contributed by atoms with Gasteiger partial charge in [0.25, 0.3) is 5.91 Å². The fourth-order valence-corrected chi connectivity index (χ4v) is 2.83. The Morgan fingerprint density at radius 1 is 1.15 bits per heavy atom. The molecule has 26 heavy (non-hydrogen) atoms. The van der Waals surface area contributed by atoms with Crippen molar-refractivity contribution in [2.75, 3.05) is 13.6 Å². The van der Waals surface area contributed by atoms with Gasteiger partial charge in [0.2, 0.25) is 0 Å². The molecular weight excluding hydrogens is 328 g/mol. The first-order valence-electron chi connectivity index (χ1n) is 8.50. The normalized spacial score (nSPS) is 11.5. The zero-order chi connectivity index (χ0) is 18.4. The van der Waals surface area contributed by atoms with E-state index in [1.54, 1.807) is 17.8 Å². The molecule has 2 N–H and O–H groups in total. The molecule has 0 unspecified atom stereocenters. The summed E-state index contributed by atoms with van der Waals surface area (Å²) in [7, 11) is 2.11. The average Bonchev–Trinajstić information content (AvgIpc) is 3.13. The summed E-state index contributed by atoms with van der Waals surface area (Å²) in [5, 5.41) is 9.61. The average molecular weight is 350 g/mol. The monoisotopic (exact) mass is 350 g/mol. The lowest BCUT2D eigenvalue weighted by Crippen LogP contribution is -2.20. The SMILES string of the molecule is CN(CCc1ccc2occc2c1)Cc1ccc(/C=C/C(=O)NO)cc1. The number of carbonyl (C=O) groups excluding carboxylic acids is 1. The van der Waals surface area contributed by atoms with Crippen LogP contribution >= 0.6 is 0 Å². The minimum absolute atomic E-state index is 0.539. The van der Waals surface area contributed by atoms with Crippen molar-refractivity contribution in [1.29, 1.82) is 0 Å². The summed E-state index contributed by atoms with van der Waals surface area (Å²) in [6.45, 7) is 1.82. The van der Waals surface area contributed by atoms with E-state index < -0.39 is 5.91 Å². The van der Waals surface area contributed by atoms with Crippen molar-refractivity contribution in [3.8, 4) is 0 Å². The van der Waals surface area contributed by atoms with Crippen LogP contribution in [-0.4, -0.2) is 29.6 Å². The number of nitrogens with zero attached hydrogens (tertiary/aromatic N) is 1. The summed E-state index contributed by atoms with van der Waals surface area (Å²) in [6, 6.07) is 16.3. The highest BCUT2D eigenvalue weighted by molar-refractivity contribution is 5.90. The number of amides is 1. The molecule has 0 aliphatic heterocycles. The molecule has 3 aromatic rings. The lowest BCUT2D eigenvalue weighted by Gasteiger charge is -2.17. The highest BCUT2D eigenvalue weighted by atomic mass is 16.5. The van der Waals surface area contributed by atoms with Gasteiger partial charge in [0.1, 0.15) is 5.58 Å². The van der Waals surface area contributed by atoms with Crippen molar-refractivity contribution < 1.29 is 14.4 Å². The standard InChI is InChI=1S/C21H22N2O3/c1-23(12-10-17-6-8-20-19(14-17)11-13-26-20)15-18-4-2-16(3-5-18)7-9-21(24)22-25/h2-9,11,13-14,25H,10,12,15H2,1H3,(H,22,24)/b9-7+. The zero-order valence-corrected chi connectivity index (χ0v) is 14.7. The second-order valence-electron chi connectivity index (χ2n) is 6.33. The molecule has 5 heteroatoms. The first-order chi connectivity index (χ1) is 12.6. The Morgan fingerprint density at radius 3 is 2.69 bits per heavy atom. The molecule has 0 saturated carbocycles. The van der Waals surface area contributed by atoms with Gasteiger partial charge in [0.15, 0.2) is 0 Å². The van der Waals surface area contributed by atoms with E-state index in [2.05, 4.69) is 24.1 Å². The third kappa shape index (κ3) is 4.81. The van der Waals surface area contributed by atoms with Crippen LogP contribution in [-0.2, 0) is 17.8 Å². The lowest BCUT2D eigenvalue weighted by atomic mass is 10.1. The number of furan rings is 1. The molecule has 0 aliphatic rings. The van der Waals surface area contributed by atoms with E-state index in [9.17, 15) is 4.79 Å². The molecular formula is C21H22N2O3. The number of carbonyl (C=O) groups is 1. The second kappa shape index (κ2) is 8.47. The summed E-state index contributed by atoms with van der Waals surface area (Å²) in [5.41, 5.74) is 5.91. The fraction of sp³-hybridized carbons (Fsp3) is 0.190. The molecule has 1 heterocycles. The maximum absolute atomic E-state index is 11.0. The lowest BCUT2D eigenvalue weighted by molar-refractivity contribution is -0.124. The van der Waals surface area contributed by atoms with E-state index >= 15 is 0 Å². The number of likely N-dealkylation sites (N-methyl/N-ethyl adjacent to an activating group) is 1. The third-order valence-corrected chi connectivity index (χ3v) is 4.27. The number of hydroxylamine groups is 1. The summed E-state index contributed by atoms with van der Waals surface area (Å²) in [4.78, 5) is 13.3. The van der Waals surface area contributed by atoms with E-state index in [-0.39, 0.29) is 0 Å².